The zero-order valence-electron chi connectivity index (χ0n) is 25.9. The highest BCUT2D eigenvalue weighted by molar-refractivity contribution is 5.89. The van der Waals surface area contributed by atoms with Crippen molar-refractivity contribution in [3.63, 3.8) is 0 Å². The lowest BCUT2D eigenvalue weighted by Crippen LogP contribution is -2.40. The summed E-state index contributed by atoms with van der Waals surface area (Å²) in [5, 5.41) is 29.0. The zero-order valence-corrected chi connectivity index (χ0v) is 25.9. The first-order valence-corrected chi connectivity index (χ1v) is 15.8. The number of carboxylic acid groups (broad SMARTS) is 2. The van der Waals surface area contributed by atoms with Gasteiger partial charge in [0, 0.05) is 43.9 Å². The van der Waals surface area contributed by atoms with E-state index in [1.807, 2.05) is 12.1 Å². The van der Waals surface area contributed by atoms with Crippen molar-refractivity contribution in [1.82, 2.24) is 9.80 Å². The lowest BCUT2D eigenvalue weighted by atomic mass is 9.88. The highest BCUT2D eigenvalue weighted by atomic mass is 16.5. The van der Waals surface area contributed by atoms with Gasteiger partial charge >= 0.3 is 11.9 Å². The van der Waals surface area contributed by atoms with Gasteiger partial charge in [0.25, 0.3) is 0 Å². The van der Waals surface area contributed by atoms with Crippen molar-refractivity contribution in [3.05, 3.63) is 89.5 Å². The molecule has 0 aliphatic carbocycles. The fourth-order valence-corrected chi connectivity index (χ4v) is 6.07. The molecule has 3 aliphatic rings. The van der Waals surface area contributed by atoms with Crippen molar-refractivity contribution < 1.29 is 39.1 Å². The summed E-state index contributed by atoms with van der Waals surface area (Å²) in [6, 6.07) is 21.4. The average Bonchev–Trinajstić information content (AvgIpc) is 3.07. The highest BCUT2D eigenvalue weighted by Crippen LogP contribution is 2.36. The third-order valence-corrected chi connectivity index (χ3v) is 8.40. The lowest BCUT2D eigenvalue weighted by Gasteiger charge is -2.33. The van der Waals surface area contributed by atoms with Crippen molar-refractivity contribution in [2.24, 2.45) is 0 Å². The minimum atomic E-state index is -1.26. The molecule has 0 aromatic heterocycles. The zero-order chi connectivity index (χ0) is 32.3. The van der Waals surface area contributed by atoms with Crippen LogP contribution < -0.4 is 9.47 Å². The average molecular weight is 631 g/mol. The largest absolute Gasteiger partial charge is 0.487 e. The van der Waals surface area contributed by atoms with Crippen LogP contribution in [0, 0.1) is 0 Å². The first-order chi connectivity index (χ1) is 22.3. The number of aliphatic carboxylic acids is 2. The van der Waals surface area contributed by atoms with Crippen LogP contribution in [0.25, 0.3) is 16.8 Å². The Hall–Kier alpha value is -4.22. The molecule has 3 aromatic carbocycles. The monoisotopic (exact) mass is 630 g/mol. The van der Waals surface area contributed by atoms with Crippen LogP contribution in [-0.2, 0) is 14.3 Å². The summed E-state index contributed by atoms with van der Waals surface area (Å²) >= 11 is 0. The second kappa shape index (κ2) is 16.4. The number of fused-ring (bicyclic) bond motifs is 2. The summed E-state index contributed by atoms with van der Waals surface area (Å²) in [6.07, 6.45) is 5.03. The van der Waals surface area contributed by atoms with E-state index in [1.54, 1.807) is 0 Å². The quantitative estimate of drug-likeness (QED) is 0.279. The van der Waals surface area contributed by atoms with Gasteiger partial charge in [-0.3, -0.25) is 4.90 Å². The number of aliphatic hydroxyl groups excluding tert-OH is 1. The lowest BCUT2D eigenvalue weighted by molar-refractivity contribution is -0.134. The Morgan fingerprint density at radius 1 is 0.891 bits per heavy atom. The smallest absolute Gasteiger partial charge is 0.328 e. The summed E-state index contributed by atoms with van der Waals surface area (Å²) in [7, 11) is 0. The van der Waals surface area contributed by atoms with Gasteiger partial charge in [-0.25, -0.2) is 9.59 Å². The van der Waals surface area contributed by atoms with Crippen LogP contribution in [0.5, 0.6) is 11.5 Å². The van der Waals surface area contributed by atoms with Crippen molar-refractivity contribution in [1.29, 1.82) is 0 Å². The van der Waals surface area contributed by atoms with Gasteiger partial charge in [-0.05, 0) is 65.9 Å². The van der Waals surface area contributed by atoms with E-state index in [0.717, 1.165) is 70.1 Å². The molecule has 244 valence electrons. The molecule has 2 saturated heterocycles. The molecule has 3 aliphatic heterocycles. The van der Waals surface area contributed by atoms with E-state index in [2.05, 4.69) is 64.4 Å². The van der Waals surface area contributed by atoms with Gasteiger partial charge in [0.15, 0.2) is 11.5 Å². The number of benzene rings is 3. The second-order valence-corrected chi connectivity index (χ2v) is 11.8. The molecule has 46 heavy (non-hydrogen) atoms. The number of para-hydroxylation sites is 1. The summed E-state index contributed by atoms with van der Waals surface area (Å²) in [6.45, 7) is 7.88. The fourth-order valence-electron chi connectivity index (χ4n) is 6.07. The predicted octanol–water partition coefficient (Wildman–Crippen LogP) is 4.28. The standard InChI is InChI=1S/C32H38N2O4.C4H4O4/c35-30(21-33-12-10-26(11-13-33)28-9-8-25-4-1-2-5-27(25)19-28)23-37-31-7-3-6-29-18-24(22-38-32(29)31)20-34-14-16-36-17-15-34;5-3(6)1-2-4(7)8/h1-9,18-19,26,30,35H,10-17,20-23H2;1-2H,(H,5,6)(H,7,8)/t30-;/m0./s1. The molecule has 10 nitrogen and oxygen atoms in total. The third kappa shape index (κ3) is 9.64. The van der Waals surface area contributed by atoms with Gasteiger partial charge in [0.05, 0.1) is 13.2 Å². The number of β-amino-alcohol motifs (C(OH)–C–C–N with tert-alkyl or cyclic N) is 1. The summed E-state index contributed by atoms with van der Waals surface area (Å²) in [5.74, 6) is -0.446. The first-order valence-electron chi connectivity index (χ1n) is 15.8. The van der Waals surface area contributed by atoms with E-state index in [4.69, 9.17) is 24.4 Å². The molecule has 0 spiro atoms. The molecule has 3 N–H and O–H groups in total. The van der Waals surface area contributed by atoms with E-state index in [0.29, 0.717) is 37.0 Å². The predicted molar refractivity (Wildman–Crippen MR) is 175 cm³/mol. The molecule has 6 rings (SSSR count). The number of hydrogen-bond donors (Lipinski definition) is 3. The molecule has 1 atom stereocenters. The number of morpholine rings is 1. The molecule has 0 saturated carbocycles. The maximum absolute atomic E-state index is 10.8. The summed E-state index contributed by atoms with van der Waals surface area (Å²) in [4.78, 5) is 23.9. The molecule has 10 heteroatoms. The molecular weight excluding hydrogens is 588 g/mol. The number of piperidine rings is 1. The van der Waals surface area contributed by atoms with Gasteiger partial charge in [0.2, 0.25) is 0 Å². The Bertz CT molecular complexity index is 1520. The van der Waals surface area contributed by atoms with Gasteiger partial charge < -0.3 is 34.4 Å². The number of hydrogen-bond acceptors (Lipinski definition) is 8. The van der Waals surface area contributed by atoms with Crippen molar-refractivity contribution in [2.75, 3.05) is 65.7 Å². The Labute approximate surface area is 269 Å². The maximum Gasteiger partial charge on any atom is 0.328 e. The third-order valence-electron chi connectivity index (χ3n) is 8.40. The Kier molecular flexibility index (Phi) is 11.8. The van der Waals surface area contributed by atoms with Crippen molar-refractivity contribution in [2.45, 2.75) is 24.9 Å². The van der Waals surface area contributed by atoms with E-state index in [9.17, 15) is 14.7 Å². The van der Waals surface area contributed by atoms with Crippen LogP contribution in [0.2, 0.25) is 0 Å². The van der Waals surface area contributed by atoms with E-state index in [1.165, 1.54) is 21.9 Å². The molecule has 0 amide bonds. The van der Waals surface area contributed by atoms with E-state index in [-0.39, 0.29) is 6.61 Å². The van der Waals surface area contributed by atoms with Crippen LogP contribution in [0.4, 0.5) is 0 Å². The Morgan fingerprint density at radius 3 is 2.33 bits per heavy atom. The van der Waals surface area contributed by atoms with Crippen LogP contribution in [-0.4, -0.2) is 109 Å². The number of likely N-dealkylation sites (tertiary alicyclic amines) is 1. The number of carboxylic acids is 2. The van der Waals surface area contributed by atoms with Crippen LogP contribution in [0.3, 0.4) is 0 Å². The number of carbonyl (C=O) groups is 2. The topological polar surface area (TPSA) is 129 Å². The van der Waals surface area contributed by atoms with Gasteiger partial charge in [0.1, 0.15) is 19.3 Å². The molecule has 0 bridgehead atoms. The van der Waals surface area contributed by atoms with E-state index < -0.39 is 18.0 Å². The number of rotatable bonds is 10. The molecule has 3 aromatic rings. The number of nitrogens with zero attached hydrogens (tertiary/aromatic N) is 2. The SMILES string of the molecule is O=C(O)C=CC(=O)O.O[C@H](COc1cccc2c1OCC(CN1CCOCC1)=C2)CN1CCC(c2ccc3ccccc3c2)CC1. The molecule has 0 radical (unpaired) electrons. The van der Waals surface area contributed by atoms with Crippen molar-refractivity contribution in [3.8, 4) is 11.5 Å². The Morgan fingerprint density at radius 2 is 1.61 bits per heavy atom. The number of aliphatic hydroxyl groups is 1. The van der Waals surface area contributed by atoms with Crippen molar-refractivity contribution >= 4 is 28.8 Å². The number of ether oxygens (including phenoxy) is 3. The Balaban J connectivity index is 0.000000463. The molecule has 3 heterocycles. The van der Waals surface area contributed by atoms with Gasteiger partial charge in [-0.1, -0.05) is 54.6 Å². The van der Waals surface area contributed by atoms with Crippen LogP contribution in [0.1, 0.15) is 29.9 Å². The van der Waals surface area contributed by atoms with Crippen LogP contribution >= 0.6 is 0 Å². The van der Waals surface area contributed by atoms with Gasteiger partial charge in [-0.15, -0.1) is 0 Å². The molecular formula is C36H42N2O8. The minimum Gasteiger partial charge on any atom is -0.487 e. The molecule has 2 fully saturated rings. The fraction of sp³-hybridized carbons (Fsp3) is 0.389. The van der Waals surface area contributed by atoms with Gasteiger partial charge in [-0.2, -0.15) is 0 Å². The second-order valence-electron chi connectivity index (χ2n) is 11.8. The minimum absolute atomic E-state index is 0.259. The summed E-state index contributed by atoms with van der Waals surface area (Å²) < 4.78 is 17.7. The van der Waals surface area contributed by atoms with E-state index >= 15 is 0 Å². The molecule has 0 unspecified atom stereocenters. The summed E-state index contributed by atoms with van der Waals surface area (Å²) in [5.41, 5.74) is 3.74. The highest BCUT2D eigenvalue weighted by Gasteiger charge is 2.24. The normalized spacial score (nSPS) is 18.2. The maximum atomic E-state index is 10.8. The van der Waals surface area contributed by atoms with Crippen LogP contribution in [0.15, 0.2) is 78.4 Å². The first kappa shape index (κ1) is 33.2.